The smallest absolute Gasteiger partial charge is 0.258 e. The van der Waals surface area contributed by atoms with Crippen LogP contribution in [0.25, 0.3) is 0 Å². The summed E-state index contributed by atoms with van der Waals surface area (Å²) in [5.74, 6) is 1.61. The largest absolute Gasteiger partial charge is 0.497 e. The van der Waals surface area contributed by atoms with Crippen molar-refractivity contribution >= 4 is 21.6 Å². The van der Waals surface area contributed by atoms with Gasteiger partial charge in [0, 0.05) is 19.0 Å². The highest BCUT2D eigenvalue weighted by atomic mass is 32.2. The fourth-order valence-electron chi connectivity index (χ4n) is 3.42. The summed E-state index contributed by atoms with van der Waals surface area (Å²) in [5.41, 5.74) is 0.941. The van der Waals surface area contributed by atoms with Gasteiger partial charge in [0.2, 0.25) is 10.0 Å². The third-order valence-electron chi connectivity index (χ3n) is 5.08. The van der Waals surface area contributed by atoms with Crippen LogP contribution < -0.4 is 23.8 Å². The van der Waals surface area contributed by atoms with E-state index < -0.39 is 15.6 Å². The number of fused-ring (bicyclic) bond motifs is 1. The molecule has 0 aromatic heterocycles. The Morgan fingerprint density at radius 1 is 1.19 bits per heavy atom. The third kappa shape index (κ3) is 5.61. The van der Waals surface area contributed by atoms with Crippen LogP contribution in [0.3, 0.4) is 0 Å². The van der Waals surface area contributed by atoms with Crippen LogP contribution in [-0.2, 0) is 14.8 Å². The number of sulfonamides is 1. The van der Waals surface area contributed by atoms with E-state index in [1.165, 1.54) is 11.4 Å². The van der Waals surface area contributed by atoms with Crippen LogP contribution in [0.1, 0.15) is 31.9 Å². The van der Waals surface area contributed by atoms with E-state index in [2.05, 4.69) is 5.32 Å². The van der Waals surface area contributed by atoms with Crippen LogP contribution in [0, 0.1) is 0 Å². The van der Waals surface area contributed by atoms with Gasteiger partial charge in [-0.1, -0.05) is 0 Å². The molecule has 8 nitrogen and oxygen atoms in total. The summed E-state index contributed by atoms with van der Waals surface area (Å²) in [4.78, 5) is 12.6. The number of benzene rings is 2. The molecule has 9 heteroatoms. The average Bonchev–Trinajstić information content (AvgIpc) is 2.70. The maximum atomic E-state index is 12.6. The van der Waals surface area contributed by atoms with E-state index in [0.717, 1.165) is 11.8 Å². The number of methoxy groups -OCH3 is 1. The zero-order valence-corrected chi connectivity index (χ0v) is 19.2. The average molecular weight is 449 g/mol. The predicted molar refractivity (Wildman–Crippen MR) is 118 cm³/mol. The van der Waals surface area contributed by atoms with Gasteiger partial charge in [0.1, 0.15) is 22.8 Å². The van der Waals surface area contributed by atoms with Crippen LogP contribution in [0.15, 0.2) is 42.5 Å². The van der Waals surface area contributed by atoms with Crippen molar-refractivity contribution in [3.05, 3.63) is 48.0 Å². The Morgan fingerprint density at radius 3 is 2.45 bits per heavy atom. The lowest BCUT2D eigenvalue weighted by atomic mass is 9.89. The van der Waals surface area contributed by atoms with Gasteiger partial charge in [-0.05, 0) is 56.3 Å². The Balaban J connectivity index is 1.65. The standard InChI is InChI=1S/C22H28N2O6S/c1-22(2)13-19(18-12-17(28-4)10-11-20(18)30-22)23-21(25)14-29-16-8-6-15(7-9-16)24(3)31(5,26)27/h6-12,19H,13-14H2,1-5H3,(H,23,25)/t19-/m0/s1. The molecule has 2 aromatic carbocycles. The van der Waals surface area contributed by atoms with Crippen LogP contribution in [0.2, 0.25) is 0 Å². The minimum atomic E-state index is -3.34. The molecule has 0 saturated carbocycles. The lowest BCUT2D eigenvalue weighted by Gasteiger charge is -2.38. The first-order valence-corrected chi connectivity index (χ1v) is 11.7. The molecule has 3 rings (SSSR count). The molecule has 0 radical (unpaired) electrons. The Morgan fingerprint density at radius 2 is 1.84 bits per heavy atom. The van der Waals surface area contributed by atoms with Gasteiger partial charge in [0.15, 0.2) is 6.61 Å². The van der Waals surface area contributed by atoms with Crippen molar-refractivity contribution < 1.29 is 27.4 Å². The maximum absolute atomic E-state index is 12.6. The van der Waals surface area contributed by atoms with Crippen LogP contribution in [0.5, 0.6) is 17.2 Å². The van der Waals surface area contributed by atoms with Gasteiger partial charge in [-0.2, -0.15) is 0 Å². The van der Waals surface area contributed by atoms with Gasteiger partial charge in [-0.15, -0.1) is 0 Å². The summed E-state index contributed by atoms with van der Waals surface area (Å²) in [6.45, 7) is 3.79. The fraction of sp³-hybridized carbons (Fsp3) is 0.409. The van der Waals surface area contributed by atoms with Gasteiger partial charge in [-0.25, -0.2) is 8.42 Å². The van der Waals surface area contributed by atoms with Gasteiger partial charge in [-0.3, -0.25) is 9.10 Å². The molecule has 1 aliphatic heterocycles. The number of nitrogens with zero attached hydrogens (tertiary/aromatic N) is 1. The van der Waals surface area contributed by atoms with Crippen molar-refractivity contribution in [1.29, 1.82) is 0 Å². The van der Waals surface area contributed by atoms with Crippen LogP contribution in [-0.4, -0.2) is 46.9 Å². The summed E-state index contributed by atoms with van der Waals surface area (Å²) in [5, 5.41) is 3.01. The summed E-state index contributed by atoms with van der Waals surface area (Å²) in [6, 6.07) is 11.8. The molecule has 1 aliphatic rings. The first-order valence-electron chi connectivity index (χ1n) is 9.81. The highest BCUT2D eigenvalue weighted by molar-refractivity contribution is 7.92. The number of anilines is 1. The Hall–Kier alpha value is -2.94. The third-order valence-corrected chi connectivity index (χ3v) is 6.28. The number of hydrogen-bond acceptors (Lipinski definition) is 6. The Kier molecular flexibility index (Phi) is 6.35. The molecule has 1 heterocycles. The molecule has 2 aromatic rings. The summed E-state index contributed by atoms with van der Waals surface area (Å²) >= 11 is 0. The molecule has 0 saturated heterocycles. The molecule has 1 amide bonds. The van der Waals surface area contributed by atoms with E-state index in [9.17, 15) is 13.2 Å². The second-order valence-corrected chi connectivity index (χ2v) is 10.1. The number of nitrogens with one attached hydrogen (secondary N) is 1. The van der Waals surface area contributed by atoms with Crippen LogP contribution >= 0.6 is 0 Å². The molecular weight excluding hydrogens is 420 g/mol. The van der Waals surface area contributed by atoms with Crippen LogP contribution in [0.4, 0.5) is 5.69 Å². The lowest BCUT2D eigenvalue weighted by Crippen LogP contribution is -2.42. The first kappa shape index (κ1) is 22.7. The second kappa shape index (κ2) is 8.66. The molecule has 0 aliphatic carbocycles. The monoisotopic (exact) mass is 448 g/mol. The van der Waals surface area contributed by atoms with E-state index in [1.54, 1.807) is 31.4 Å². The highest BCUT2D eigenvalue weighted by Gasteiger charge is 2.34. The lowest BCUT2D eigenvalue weighted by molar-refractivity contribution is -0.124. The minimum absolute atomic E-state index is 0.168. The molecule has 0 unspecified atom stereocenters. The molecular formula is C22H28N2O6S. The molecule has 0 bridgehead atoms. The summed E-state index contributed by atoms with van der Waals surface area (Å²) in [6.07, 6.45) is 1.73. The van der Waals surface area contributed by atoms with Crippen molar-refractivity contribution in [1.82, 2.24) is 5.32 Å². The molecule has 0 spiro atoms. The van der Waals surface area contributed by atoms with Crippen molar-refractivity contribution in [2.45, 2.75) is 31.9 Å². The van der Waals surface area contributed by atoms with E-state index in [1.807, 2.05) is 32.0 Å². The van der Waals surface area contributed by atoms with E-state index in [-0.39, 0.29) is 18.6 Å². The van der Waals surface area contributed by atoms with E-state index in [0.29, 0.717) is 29.4 Å². The van der Waals surface area contributed by atoms with Gasteiger partial charge in [0.25, 0.3) is 5.91 Å². The molecule has 1 N–H and O–H groups in total. The number of carbonyl (C=O) groups excluding carboxylic acids is 1. The fourth-order valence-corrected chi connectivity index (χ4v) is 3.92. The minimum Gasteiger partial charge on any atom is -0.497 e. The first-order chi connectivity index (χ1) is 14.5. The quantitative estimate of drug-likeness (QED) is 0.700. The van der Waals surface area contributed by atoms with Crippen molar-refractivity contribution in [2.24, 2.45) is 0 Å². The van der Waals surface area contributed by atoms with Gasteiger partial charge >= 0.3 is 0 Å². The van der Waals surface area contributed by atoms with E-state index in [4.69, 9.17) is 14.2 Å². The number of hydrogen-bond donors (Lipinski definition) is 1. The van der Waals surface area contributed by atoms with Crippen molar-refractivity contribution in [3.8, 4) is 17.2 Å². The number of amides is 1. The second-order valence-electron chi connectivity index (χ2n) is 8.10. The molecule has 1 atom stereocenters. The summed E-state index contributed by atoms with van der Waals surface area (Å²) in [7, 11) is -0.275. The summed E-state index contributed by atoms with van der Waals surface area (Å²) < 4.78 is 41.3. The maximum Gasteiger partial charge on any atom is 0.258 e. The molecule has 31 heavy (non-hydrogen) atoms. The van der Waals surface area contributed by atoms with Gasteiger partial charge in [0.05, 0.1) is 25.1 Å². The molecule has 168 valence electrons. The van der Waals surface area contributed by atoms with E-state index >= 15 is 0 Å². The number of ether oxygens (including phenoxy) is 3. The zero-order chi connectivity index (χ0) is 22.8. The van der Waals surface area contributed by atoms with Gasteiger partial charge < -0.3 is 19.5 Å². The molecule has 0 fully saturated rings. The normalized spacial score (nSPS) is 17.1. The number of carbonyl (C=O) groups is 1. The topological polar surface area (TPSA) is 94.2 Å². The van der Waals surface area contributed by atoms with Crippen molar-refractivity contribution in [2.75, 3.05) is 31.3 Å². The predicted octanol–water partition coefficient (Wildman–Crippen LogP) is 2.89. The van der Waals surface area contributed by atoms with Crippen molar-refractivity contribution in [3.63, 3.8) is 0 Å². The Bertz CT molecular complexity index is 1050. The highest BCUT2D eigenvalue weighted by Crippen LogP contribution is 2.41. The zero-order valence-electron chi connectivity index (χ0n) is 18.3. The number of rotatable bonds is 7. The Labute approximate surface area is 183 Å². The SMILES string of the molecule is COc1ccc2c(c1)[C@@H](NC(=O)COc1ccc(N(C)S(C)(=O)=O)cc1)CC(C)(C)O2.